The molecule has 1 aliphatic carbocycles. The number of amides is 2. The van der Waals surface area contributed by atoms with Gasteiger partial charge in [0.15, 0.2) is 0 Å². The van der Waals surface area contributed by atoms with E-state index in [9.17, 15) is 14.4 Å². The molecule has 0 heterocycles. The molecular weight excluding hydrogens is 332 g/mol. The van der Waals surface area contributed by atoms with Gasteiger partial charge in [0, 0.05) is 25.2 Å². The fraction of sp³-hybridized carbons (Fsp3) is 0.450. The number of carbonyl (C=O) groups excluding carboxylic acids is 3. The lowest BCUT2D eigenvalue weighted by Crippen LogP contribution is -2.37. The van der Waals surface area contributed by atoms with Crippen molar-refractivity contribution in [3.63, 3.8) is 0 Å². The van der Waals surface area contributed by atoms with Crippen molar-refractivity contribution in [2.24, 2.45) is 0 Å². The first-order valence-corrected chi connectivity index (χ1v) is 9.05. The van der Waals surface area contributed by atoms with Crippen LogP contribution in [-0.2, 0) is 14.3 Å². The lowest BCUT2D eigenvalue weighted by Gasteiger charge is -2.24. The summed E-state index contributed by atoms with van der Waals surface area (Å²) in [7, 11) is 1.57. The topological polar surface area (TPSA) is 75.7 Å². The number of hydrogen-bond acceptors (Lipinski definition) is 4. The number of nitrogens with zero attached hydrogens (tertiary/aromatic N) is 1. The molecule has 6 heteroatoms. The molecule has 0 unspecified atom stereocenters. The molecule has 1 aromatic rings. The summed E-state index contributed by atoms with van der Waals surface area (Å²) in [5.74, 6) is -1.16. The second kappa shape index (κ2) is 9.75. The molecule has 0 bridgehead atoms. The number of rotatable bonds is 6. The van der Waals surface area contributed by atoms with Crippen molar-refractivity contribution in [2.45, 2.75) is 45.1 Å². The van der Waals surface area contributed by atoms with Crippen LogP contribution in [0.4, 0.5) is 5.69 Å². The van der Waals surface area contributed by atoms with Crippen LogP contribution in [0.3, 0.4) is 0 Å². The van der Waals surface area contributed by atoms with Crippen LogP contribution in [0.5, 0.6) is 0 Å². The van der Waals surface area contributed by atoms with Crippen LogP contribution in [-0.4, -0.2) is 37.5 Å². The predicted octanol–water partition coefficient (Wildman–Crippen LogP) is 2.83. The van der Waals surface area contributed by atoms with Crippen LogP contribution >= 0.6 is 0 Å². The van der Waals surface area contributed by atoms with E-state index in [-0.39, 0.29) is 18.6 Å². The largest absolute Gasteiger partial charge is 0.463 e. The normalized spacial score (nSPS) is 14.8. The van der Waals surface area contributed by atoms with E-state index in [1.807, 2.05) is 0 Å². The highest BCUT2D eigenvalue weighted by Crippen LogP contribution is 2.22. The van der Waals surface area contributed by atoms with E-state index in [1.54, 1.807) is 38.2 Å². The Morgan fingerprint density at radius 3 is 2.54 bits per heavy atom. The van der Waals surface area contributed by atoms with Crippen molar-refractivity contribution in [1.82, 2.24) is 5.32 Å². The summed E-state index contributed by atoms with van der Waals surface area (Å²) in [5, 5.41) is 3.07. The minimum absolute atomic E-state index is 0.179. The number of para-hydroxylation sites is 1. The molecular formula is C20H26N2O4. The highest BCUT2D eigenvalue weighted by molar-refractivity contribution is 6.08. The second-order valence-electron chi connectivity index (χ2n) is 6.31. The standard InChI is InChI=1S/C20H26N2O4/c1-3-26-19(24)14-13-18(23)22(2)17-12-8-7-11-16(17)20(25)21-15-9-5-4-6-10-15/h7-8,11-15H,3-6,9-10H2,1-2H3,(H,21,25)/b14-13+. The summed E-state index contributed by atoms with van der Waals surface area (Å²) in [6, 6.07) is 7.14. The fourth-order valence-electron chi connectivity index (χ4n) is 3.03. The molecule has 1 aromatic carbocycles. The molecule has 0 atom stereocenters. The Morgan fingerprint density at radius 2 is 1.85 bits per heavy atom. The van der Waals surface area contributed by atoms with Crippen molar-refractivity contribution >= 4 is 23.5 Å². The van der Waals surface area contributed by atoms with E-state index < -0.39 is 11.9 Å². The first-order chi connectivity index (χ1) is 12.5. The van der Waals surface area contributed by atoms with Gasteiger partial charge < -0.3 is 15.0 Å². The predicted molar refractivity (Wildman–Crippen MR) is 100.0 cm³/mol. The number of hydrogen-bond donors (Lipinski definition) is 1. The van der Waals surface area contributed by atoms with Crippen molar-refractivity contribution in [3.05, 3.63) is 42.0 Å². The summed E-state index contributed by atoms with van der Waals surface area (Å²) in [6.07, 6.45) is 7.69. The summed E-state index contributed by atoms with van der Waals surface area (Å²) in [5.41, 5.74) is 0.942. The van der Waals surface area contributed by atoms with Gasteiger partial charge in [0.05, 0.1) is 17.9 Å². The number of anilines is 1. The van der Waals surface area contributed by atoms with Gasteiger partial charge in [-0.2, -0.15) is 0 Å². The van der Waals surface area contributed by atoms with Crippen molar-refractivity contribution < 1.29 is 19.1 Å². The van der Waals surface area contributed by atoms with E-state index in [0.29, 0.717) is 11.3 Å². The Bertz CT molecular complexity index is 678. The quantitative estimate of drug-likeness (QED) is 0.627. The van der Waals surface area contributed by atoms with Crippen LogP contribution in [0.15, 0.2) is 36.4 Å². The smallest absolute Gasteiger partial charge is 0.330 e. The molecule has 0 aromatic heterocycles. The van der Waals surface area contributed by atoms with Crippen molar-refractivity contribution in [2.75, 3.05) is 18.6 Å². The Hall–Kier alpha value is -2.63. The minimum atomic E-state index is -0.572. The SMILES string of the molecule is CCOC(=O)/C=C/C(=O)N(C)c1ccccc1C(=O)NC1CCCCC1. The van der Waals surface area contributed by atoms with Gasteiger partial charge in [-0.1, -0.05) is 31.4 Å². The Balaban J connectivity index is 2.10. The van der Waals surface area contributed by atoms with E-state index in [1.165, 1.54) is 11.3 Å². The number of nitrogens with one attached hydrogen (secondary N) is 1. The molecule has 26 heavy (non-hydrogen) atoms. The van der Waals surface area contributed by atoms with Gasteiger partial charge in [0.2, 0.25) is 0 Å². The van der Waals surface area contributed by atoms with E-state index in [2.05, 4.69) is 5.32 Å². The van der Waals surface area contributed by atoms with Gasteiger partial charge in [-0.05, 0) is 31.9 Å². The summed E-state index contributed by atoms with van der Waals surface area (Å²) in [6.45, 7) is 1.94. The zero-order valence-corrected chi connectivity index (χ0v) is 15.4. The molecule has 6 nitrogen and oxygen atoms in total. The maximum absolute atomic E-state index is 12.7. The van der Waals surface area contributed by atoms with Gasteiger partial charge in [0.1, 0.15) is 0 Å². The van der Waals surface area contributed by atoms with Gasteiger partial charge in [-0.3, -0.25) is 9.59 Å². The maximum atomic E-state index is 12.7. The van der Waals surface area contributed by atoms with E-state index in [0.717, 1.165) is 37.8 Å². The lowest BCUT2D eigenvalue weighted by atomic mass is 9.95. The third-order valence-corrected chi connectivity index (χ3v) is 4.43. The third-order valence-electron chi connectivity index (χ3n) is 4.43. The molecule has 0 radical (unpaired) electrons. The average Bonchev–Trinajstić information content (AvgIpc) is 2.66. The molecule has 140 valence electrons. The maximum Gasteiger partial charge on any atom is 0.330 e. The molecule has 2 amide bonds. The third kappa shape index (κ3) is 5.44. The number of ether oxygens (including phenoxy) is 1. The summed E-state index contributed by atoms with van der Waals surface area (Å²) in [4.78, 5) is 37.7. The molecule has 0 aliphatic heterocycles. The fourth-order valence-corrected chi connectivity index (χ4v) is 3.03. The average molecular weight is 358 g/mol. The number of carbonyl (C=O) groups is 3. The van der Waals surface area contributed by atoms with Crippen LogP contribution in [0.25, 0.3) is 0 Å². The first-order valence-electron chi connectivity index (χ1n) is 9.05. The monoisotopic (exact) mass is 358 g/mol. The second-order valence-corrected chi connectivity index (χ2v) is 6.31. The highest BCUT2D eigenvalue weighted by Gasteiger charge is 2.21. The zero-order chi connectivity index (χ0) is 18.9. The molecule has 0 spiro atoms. The molecule has 2 rings (SSSR count). The zero-order valence-electron chi connectivity index (χ0n) is 15.4. The van der Waals surface area contributed by atoms with Crippen molar-refractivity contribution in [3.8, 4) is 0 Å². The Morgan fingerprint density at radius 1 is 1.15 bits per heavy atom. The number of likely N-dealkylation sites (N-methyl/N-ethyl adjacent to an activating group) is 1. The van der Waals surface area contributed by atoms with Crippen LogP contribution in [0.1, 0.15) is 49.4 Å². The van der Waals surface area contributed by atoms with Gasteiger partial charge >= 0.3 is 5.97 Å². The number of benzene rings is 1. The Labute approximate surface area is 154 Å². The van der Waals surface area contributed by atoms with E-state index >= 15 is 0 Å². The highest BCUT2D eigenvalue weighted by atomic mass is 16.5. The van der Waals surface area contributed by atoms with Gasteiger partial charge in [-0.15, -0.1) is 0 Å². The number of esters is 1. The lowest BCUT2D eigenvalue weighted by molar-refractivity contribution is -0.137. The minimum Gasteiger partial charge on any atom is -0.463 e. The molecule has 1 saturated carbocycles. The summed E-state index contributed by atoms with van der Waals surface area (Å²) >= 11 is 0. The molecule has 1 fully saturated rings. The molecule has 1 N–H and O–H groups in total. The first kappa shape index (κ1) is 19.7. The van der Waals surface area contributed by atoms with Crippen LogP contribution in [0, 0.1) is 0 Å². The van der Waals surface area contributed by atoms with Crippen LogP contribution in [0.2, 0.25) is 0 Å². The Kier molecular flexibility index (Phi) is 7.38. The van der Waals surface area contributed by atoms with Crippen molar-refractivity contribution in [1.29, 1.82) is 0 Å². The summed E-state index contributed by atoms with van der Waals surface area (Å²) < 4.78 is 4.76. The molecule has 0 saturated heterocycles. The van der Waals surface area contributed by atoms with Gasteiger partial charge in [-0.25, -0.2) is 4.79 Å². The molecule has 1 aliphatic rings. The van der Waals surface area contributed by atoms with Crippen LogP contribution < -0.4 is 10.2 Å². The van der Waals surface area contributed by atoms with Gasteiger partial charge in [0.25, 0.3) is 11.8 Å². The van der Waals surface area contributed by atoms with E-state index in [4.69, 9.17) is 4.74 Å².